The fourth-order valence-electron chi connectivity index (χ4n) is 3.70. The smallest absolute Gasteiger partial charge is 0.243 e. The highest BCUT2D eigenvalue weighted by molar-refractivity contribution is 9.10. The molecule has 0 unspecified atom stereocenters. The molecule has 0 atom stereocenters. The summed E-state index contributed by atoms with van der Waals surface area (Å²) < 4.78 is 34.5. The molecule has 8 heteroatoms. The summed E-state index contributed by atoms with van der Waals surface area (Å²) in [5.41, 5.74) is 0.536. The van der Waals surface area contributed by atoms with Crippen molar-refractivity contribution in [2.75, 3.05) is 18.5 Å². The summed E-state index contributed by atoms with van der Waals surface area (Å²) in [5.74, 6) is 0.182. The number of sulfonamides is 1. The van der Waals surface area contributed by atoms with E-state index in [1.54, 1.807) is 42.5 Å². The van der Waals surface area contributed by atoms with Crippen LogP contribution >= 0.6 is 15.9 Å². The molecular formula is C22H27BrN2O4S. The maximum atomic E-state index is 13.4. The molecule has 1 amide bonds. The molecule has 6 nitrogen and oxygen atoms in total. The summed E-state index contributed by atoms with van der Waals surface area (Å²) in [6.45, 7) is 2.11. The predicted octanol–water partition coefficient (Wildman–Crippen LogP) is 4.81. The Hall–Kier alpha value is -1.90. The van der Waals surface area contributed by atoms with Gasteiger partial charge in [0.15, 0.2) is 0 Å². The van der Waals surface area contributed by atoms with Crippen molar-refractivity contribution in [3.63, 3.8) is 0 Å². The maximum absolute atomic E-state index is 13.4. The van der Waals surface area contributed by atoms with Crippen molar-refractivity contribution in [3.05, 3.63) is 53.0 Å². The van der Waals surface area contributed by atoms with E-state index >= 15 is 0 Å². The van der Waals surface area contributed by atoms with E-state index in [1.165, 1.54) is 4.31 Å². The number of carbonyl (C=O) groups excluding carboxylic acids is 1. The first-order valence-electron chi connectivity index (χ1n) is 10.2. The molecule has 1 aliphatic carbocycles. The van der Waals surface area contributed by atoms with E-state index in [0.29, 0.717) is 18.0 Å². The Labute approximate surface area is 186 Å². The summed E-state index contributed by atoms with van der Waals surface area (Å²) in [6, 6.07) is 13.5. The van der Waals surface area contributed by atoms with Crippen molar-refractivity contribution in [3.8, 4) is 5.75 Å². The van der Waals surface area contributed by atoms with E-state index in [2.05, 4.69) is 21.2 Å². The number of hydrogen-bond acceptors (Lipinski definition) is 4. The Bertz CT molecular complexity index is 957. The fourth-order valence-corrected chi connectivity index (χ4v) is 5.61. The van der Waals surface area contributed by atoms with Crippen molar-refractivity contribution in [1.82, 2.24) is 4.31 Å². The van der Waals surface area contributed by atoms with Crippen LogP contribution in [0.15, 0.2) is 57.9 Å². The molecule has 1 saturated carbocycles. The van der Waals surface area contributed by atoms with Crippen molar-refractivity contribution in [2.24, 2.45) is 0 Å². The van der Waals surface area contributed by atoms with E-state index < -0.39 is 10.0 Å². The van der Waals surface area contributed by atoms with Crippen molar-refractivity contribution in [1.29, 1.82) is 0 Å². The number of halogens is 1. The molecule has 162 valence electrons. The van der Waals surface area contributed by atoms with Crippen molar-refractivity contribution >= 4 is 37.5 Å². The second-order valence-electron chi connectivity index (χ2n) is 7.27. The second-order valence-corrected chi connectivity index (χ2v) is 10.1. The molecule has 0 bridgehead atoms. The molecule has 0 aliphatic heterocycles. The zero-order chi connectivity index (χ0) is 21.6. The Morgan fingerprint density at radius 1 is 1.10 bits per heavy atom. The first-order valence-corrected chi connectivity index (χ1v) is 12.4. The number of hydrogen-bond donors (Lipinski definition) is 1. The van der Waals surface area contributed by atoms with Crippen molar-refractivity contribution in [2.45, 2.75) is 50.0 Å². The van der Waals surface area contributed by atoms with Gasteiger partial charge < -0.3 is 10.1 Å². The molecule has 30 heavy (non-hydrogen) atoms. The van der Waals surface area contributed by atoms with Gasteiger partial charge in [-0.15, -0.1) is 0 Å². The number of anilines is 1. The number of nitrogens with zero attached hydrogens (tertiary/aromatic N) is 1. The van der Waals surface area contributed by atoms with Gasteiger partial charge >= 0.3 is 0 Å². The van der Waals surface area contributed by atoms with Gasteiger partial charge in [-0.1, -0.05) is 47.3 Å². The Kier molecular flexibility index (Phi) is 7.91. The van der Waals surface area contributed by atoms with E-state index in [4.69, 9.17) is 4.74 Å². The van der Waals surface area contributed by atoms with Crippen LogP contribution in [0.1, 0.15) is 39.0 Å². The van der Waals surface area contributed by atoms with Gasteiger partial charge in [-0.3, -0.25) is 4.79 Å². The fraction of sp³-hybridized carbons (Fsp3) is 0.409. The zero-order valence-electron chi connectivity index (χ0n) is 17.0. The molecule has 0 spiro atoms. The van der Waals surface area contributed by atoms with Crippen LogP contribution < -0.4 is 10.1 Å². The molecule has 1 N–H and O–H groups in total. The average Bonchev–Trinajstić information content (AvgIpc) is 2.74. The van der Waals surface area contributed by atoms with Crippen LogP contribution in [-0.2, 0) is 14.8 Å². The lowest BCUT2D eigenvalue weighted by atomic mass is 9.95. The summed E-state index contributed by atoms with van der Waals surface area (Å²) in [5, 5.41) is 2.82. The number of para-hydroxylation sites is 2. The molecule has 1 fully saturated rings. The number of benzene rings is 2. The Morgan fingerprint density at radius 3 is 2.43 bits per heavy atom. The third kappa shape index (κ3) is 5.62. The van der Waals surface area contributed by atoms with E-state index in [-0.39, 0.29) is 23.4 Å². The molecule has 2 aromatic carbocycles. The lowest BCUT2D eigenvalue weighted by Gasteiger charge is -2.33. The SMILES string of the molecule is CCOc1ccccc1NC(=O)CN(C1CCCCC1)S(=O)(=O)c1ccc(Br)cc1. The zero-order valence-corrected chi connectivity index (χ0v) is 19.4. The normalized spacial score (nSPS) is 15.2. The average molecular weight is 495 g/mol. The van der Waals surface area contributed by atoms with Gasteiger partial charge in [0.1, 0.15) is 5.75 Å². The number of ether oxygens (including phenoxy) is 1. The lowest BCUT2D eigenvalue weighted by molar-refractivity contribution is -0.116. The Balaban J connectivity index is 1.84. The summed E-state index contributed by atoms with van der Waals surface area (Å²) in [6.07, 6.45) is 4.55. The largest absolute Gasteiger partial charge is 0.492 e. The summed E-state index contributed by atoms with van der Waals surface area (Å²) >= 11 is 3.34. The third-order valence-electron chi connectivity index (χ3n) is 5.16. The van der Waals surface area contributed by atoms with E-state index in [0.717, 1.165) is 36.6 Å². The second kappa shape index (κ2) is 10.4. The monoisotopic (exact) mass is 494 g/mol. The number of amides is 1. The number of nitrogens with one attached hydrogen (secondary N) is 1. The summed E-state index contributed by atoms with van der Waals surface area (Å²) in [7, 11) is -3.80. The van der Waals surface area contributed by atoms with Crippen LogP contribution in [0.25, 0.3) is 0 Å². The van der Waals surface area contributed by atoms with E-state index in [1.807, 2.05) is 13.0 Å². The van der Waals surface area contributed by atoms with Crippen LogP contribution in [0.2, 0.25) is 0 Å². The first-order chi connectivity index (χ1) is 14.4. The Morgan fingerprint density at radius 2 is 1.77 bits per heavy atom. The van der Waals surface area contributed by atoms with Crippen LogP contribution in [0.5, 0.6) is 5.75 Å². The molecule has 3 rings (SSSR count). The number of carbonyl (C=O) groups is 1. The quantitative estimate of drug-likeness (QED) is 0.571. The highest BCUT2D eigenvalue weighted by atomic mass is 79.9. The van der Waals surface area contributed by atoms with Gasteiger partial charge in [0.25, 0.3) is 0 Å². The molecular weight excluding hydrogens is 468 g/mol. The topological polar surface area (TPSA) is 75.7 Å². The van der Waals surface area contributed by atoms with E-state index in [9.17, 15) is 13.2 Å². The molecule has 0 radical (unpaired) electrons. The third-order valence-corrected chi connectivity index (χ3v) is 7.60. The van der Waals surface area contributed by atoms with Crippen LogP contribution in [-0.4, -0.2) is 37.8 Å². The predicted molar refractivity (Wildman–Crippen MR) is 121 cm³/mol. The molecule has 2 aromatic rings. The van der Waals surface area contributed by atoms with Crippen LogP contribution in [0, 0.1) is 0 Å². The molecule has 1 aliphatic rings. The van der Waals surface area contributed by atoms with Crippen LogP contribution in [0.3, 0.4) is 0 Å². The van der Waals surface area contributed by atoms with Gasteiger partial charge in [-0.05, 0) is 56.2 Å². The minimum absolute atomic E-state index is 0.180. The van der Waals surface area contributed by atoms with Gasteiger partial charge in [-0.2, -0.15) is 4.31 Å². The highest BCUT2D eigenvalue weighted by Crippen LogP contribution is 2.29. The molecule has 0 aromatic heterocycles. The summed E-state index contributed by atoms with van der Waals surface area (Å²) in [4.78, 5) is 13.1. The van der Waals surface area contributed by atoms with Gasteiger partial charge in [0.05, 0.1) is 23.7 Å². The van der Waals surface area contributed by atoms with Gasteiger partial charge in [0.2, 0.25) is 15.9 Å². The lowest BCUT2D eigenvalue weighted by Crippen LogP contribution is -2.45. The minimum Gasteiger partial charge on any atom is -0.492 e. The van der Waals surface area contributed by atoms with Crippen LogP contribution in [0.4, 0.5) is 5.69 Å². The first kappa shape index (κ1) is 22.8. The molecule has 0 heterocycles. The highest BCUT2D eigenvalue weighted by Gasteiger charge is 2.34. The maximum Gasteiger partial charge on any atom is 0.243 e. The molecule has 0 saturated heterocycles. The minimum atomic E-state index is -3.80. The van der Waals surface area contributed by atoms with Gasteiger partial charge in [0, 0.05) is 10.5 Å². The van der Waals surface area contributed by atoms with Crippen molar-refractivity contribution < 1.29 is 17.9 Å². The standard InChI is InChI=1S/C22H27BrN2O4S/c1-2-29-21-11-7-6-10-20(21)24-22(26)16-25(18-8-4-3-5-9-18)30(27,28)19-14-12-17(23)13-15-19/h6-7,10-15,18H,2-5,8-9,16H2,1H3,(H,24,26). The number of rotatable bonds is 8. The van der Waals surface area contributed by atoms with Gasteiger partial charge in [-0.25, -0.2) is 8.42 Å².